The second-order valence-electron chi connectivity index (χ2n) is 8.17. The number of pyridine rings is 1. The number of aryl methyl sites for hydroxylation is 1. The van der Waals surface area contributed by atoms with Crippen LogP contribution in [0.25, 0.3) is 11.1 Å². The molecule has 1 aliphatic heterocycles. The zero-order valence-corrected chi connectivity index (χ0v) is 19.2. The molecule has 1 aliphatic rings. The van der Waals surface area contributed by atoms with Gasteiger partial charge in [0.2, 0.25) is 0 Å². The van der Waals surface area contributed by atoms with Crippen molar-refractivity contribution in [2.45, 2.75) is 32.1 Å². The summed E-state index contributed by atoms with van der Waals surface area (Å²) in [5.41, 5.74) is 5.28. The Labute approximate surface area is 194 Å². The quantitative estimate of drug-likeness (QED) is 0.514. The Hall–Kier alpha value is -2.89. The maximum atomic E-state index is 13.2. The van der Waals surface area contributed by atoms with E-state index in [0.29, 0.717) is 22.3 Å². The second kappa shape index (κ2) is 10.2. The zero-order chi connectivity index (χ0) is 22.5. The number of nitrogens with zero attached hydrogens (tertiary/aromatic N) is 1. The number of nitrogens with one attached hydrogen (secondary N) is 2. The summed E-state index contributed by atoms with van der Waals surface area (Å²) < 4.78 is 5.26. The Morgan fingerprint density at radius 3 is 2.88 bits per heavy atom. The van der Waals surface area contributed by atoms with E-state index in [-0.39, 0.29) is 5.91 Å². The smallest absolute Gasteiger partial charge is 0.255 e. The van der Waals surface area contributed by atoms with E-state index < -0.39 is 0 Å². The number of hydrogen-bond donors (Lipinski definition) is 2. The van der Waals surface area contributed by atoms with Crippen LogP contribution in [0.4, 0.5) is 5.69 Å². The Morgan fingerprint density at radius 1 is 1.19 bits per heavy atom. The molecule has 6 heteroatoms. The number of anilines is 1. The minimum atomic E-state index is -0.151. The van der Waals surface area contributed by atoms with E-state index in [1.54, 1.807) is 13.3 Å². The lowest BCUT2D eigenvalue weighted by atomic mass is 9.96. The second-order valence-corrected chi connectivity index (χ2v) is 8.57. The minimum absolute atomic E-state index is 0.151. The summed E-state index contributed by atoms with van der Waals surface area (Å²) in [4.78, 5) is 17.8. The zero-order valence-electron chi connectivity index (χ0n) is 18.5. The van der Waals surface area contributed by atoms with Crippen molar-refractivity contribution in [3.63, 3.8) is 0 Å². The fraction of sp³-hybridized carbons (Fsp3) is 0.308. The van der Waals surface area contributed by atoms with Crippen LogP contribution in [0, 0.1) is 6.92 Å². The summed E-state index contributed by atoms with van der Waals surface area (Å²) >= 11 is 6.33. The molecule has 3 aromatic rings. The third kappa shape index (κ3) is 4.95. The van der Waals surface area contributed by atoms with Crippen molar-refractivity contribution in [1.82, 2.24) is 10.3 Å². The van der Waals surface area contributed by atoms with Crippen LogP contribution in [0.5, 0.6) is 5.75 Å². The van der Waals surface area contributed by atoms with Gasteiger partial charge in [0, 0.05) is 24.2 Å². The lowest BCUT2D eigenvalue weighted by molar-refractivity contribution is 0.102. The first-order chi connectivity index (χ1) is 15.6. The molecule has 0 aliphatic carbocycles. The average molecular weight is 450 g/mol. The molecule has 2 N–H and O–H groups in total. The van der Waals surface area contributed by atoms with Gasteiger partial charge in [0.15, 0.2) is 0 Å². The Kier molecular flexibility index (Phi) is 7.08. The van der Waals surface area contributed by atoms with Crippen LogP contribution in [0.2, 0.25) is 5.02 Å². The molecule has 4 rings (SSSR count). The van der Waals surface area contributed by atoms with E-state index in [9.17, 15) is 4.79 Å². The topological polar surface area (TPSA) is 63.2 Å². The van der Waals surface area contributed by atoms with Crippen LogP contribution in [0.15, 0.2) is 54.7 Å². The van der Waals surface area contributed by atoms with Crippen molar-refractivity contribution >= 4 is 23.2 Å². The van der Waals surface area contributed by atoms with Crippen molar-refractivity contribution in [1.29, 1.82) is 0 Å². The largest absolute Gasteiger partial charge is 0.495 e. The van der Waals surface area contributed by atoms with Crippen molar-refractivity contribution in [3.8, 4) is 16.9 Å². The van der Waals surface area contributed by atoms with Gasteiger partial charge in [-0.05, 0) is 79.4 Å². The number of benzene rings is 2. The molecule has 1 fully saturated rings. The molecular formula is C26H28ClN3O2. The average Bonchev–Trinajstić information content (AvgIpc) is 3.09. The van der Waals surface area contributed by atoms with Gasteiger partial charge in [-0.15, -0.1) is 0 Å². The molecular weight excluding hydrogens is 422 g/mol. The van der Waals surface area contributed by atoms with Crippen LogP contribution in [0.3, 0.4) is 0 Å². The van der Waals surface area contributed by atoms with Gasteiger partial charge in [0.05, 0.1) is 23.5 Å². The number of aromatic nitrogens is 1. The van der Waals surface area contributed by atoms with Crippen LogP contribution in [0.1, 0.15) is 46.8 Å². The Bertz CT molecular complexity index is 1110. The molecule has 0 radical (unpaired) electrons. The minimum Gasteiger partial charge on any atom is -0.495 e. The summed E-state index contributed by atoms with van der Waals surface area (Å²) in [6.07, 6.45) is 5.20. The SMILES string of the molecule is COc1ccc(-c2cc(C(=O)Nc3cccnc3C3CCCCNC3)ccc2C)cc1Cl. The van der Waals surface area contributed by atoms with Gasteiger partial charge in [-0.2, -0.15) is 0 Å². The van der Waals surface area contributed by atoms with Gasteiger partial charge < -0.3 is 15.4 Å². The highest BCUT2D eigenvalue weighted by molar-refractivity contribution is 6.32. The van der Waals surface area contributed by atoms with Gasteiger partial charge in [-0.25, -0.2) is 0 Å². The van der Waals surface area contributed by atoms with Gasteiger partial charge in [-0.1, -0.05) is 30.2 Å². The van der Waals surface area contributed by atoms with Crippen LogP contribution >= 0.6 is 11.6 Å². The first kappa shape index (κ1) is 22.3. The van der Waals surface area contributed by atoms with Crippen LogP contribution in [-0.4, -0.2) is 31.1 Å². The van der Waals surface area contributed by atoms with E-state index in [1.807, 2.05) is 55.5 Å². The van der Waals surface area contributed by atoms with Crippen molar-refractivity contribution in [2.75, 3.05) is 25.5 Å². The third-order valence-corrected chi connectivity index (χ3v) is 6.28. The summed E-state index contributed by atoms with van der Waals surface area (Å²) in [5, 5.41) is 7.12. The first-order valence-electron chi connectivity index (χ1n) is 11.0. The Morgan fingerprint density at radius 2 is 2.06 bits per heavy atom. The molecule has 1 unspecified atom stereocenters. The van der Waals surface area contributed by atoms with Crippen LogP contribution in [-0.2, 0) is 0 Å². The van der Waals surface area contributed by atoms with Crippen molar-refractivity contribution in [3.05, 3.63) is 76.6 Å². The van der Waals surface area contributed by atoms with Crippen molar-refractivity contribution < 1.29 is 9.53 Å². The predicted molar refractivity (Wildman–Crippen MR) is 130 cm³/mol. The Balaban J connectivity index is 1.60. The molecule has 0 bridgehead atoms. The van der Waals surface area contributed by atoms with E-state index in [1.165, 1.54) is 6.42 Å². The molecule has 2 aromatic carbocycles. The molecule has 1 saturated heterocycles. The lowest BCUT2D eigenvalue weighted by Crippen LogP contribution is -2.22. The predicted octanol–water partition coefficient (Wildman–Crippen LogP) is 5.83. The number of halogens is 1. The number of ether oxygens (including phenoxy) is 1. The van der Waals surface area contributed by atoms with Crippen LogP contribution < -0.4 is 15.4 Å². The fourth-order valence-electron chi connectivity index (χ4n) is 4.20. The standard InChI is InChI=1S/C26H28ClN3O2/c1-17-8-9-19(14-21(17)18-10-11-24(32-2)22(27)15-18)26(31)30-23-7-5-13-29-25(23)20-6-3-4-12-28-16-20/h5,7-11,13-15,20,28H,3-4,6,12,16H2,1-2H3,(H,30,31). The third-order valence-electron chi connectivity index (χ3n) is 5.98. The molecule has 0 spiro atoms. The fourth-order valence-corrected chi connectivity index (χ4v) is 4.46. The number of rotatable bonds is 5. The number of carbonyl (C=O) groups excluding carboxylic acids is 1. The summed E-state index contributed by atoms with van der Waals surface area (Å²) in [5.74, 6) is 0.768. The summed E-state index contributed by atoms with van der Waals surface area (Å²) in [7, 11) is 1.59. The van der Waals surface area contributed by atoms with Gasteiger partial charge >= 0.3 is 0 Å². The molecule has 1 atom stereocenters. The highest BCUT2D eigenvalue weighted by Crippen LogP contribution is 2.33. The van der Waals surface area contributed by atoms with E-state index in [2.05, 4.69) is 15.6 Å². The molecule has 1 aromatic heterocycles. The number of methoxy groups -OCH3 is 1. The molecule has 2 heterocycles. The molecule has 32 heavy (non-hydrogen) atoms. The van der Waals surface area contributed by atoms with E-state index in [0.717, 1.165) is 54.0 Å². The molecule has 5 nitrogen and oxygen atoms in total. The normalized spacial score (nSPS) is 16.3. The lowest BCUT2D eigenvalue weighted by Gasteiger charge is -2.18. The molecule has 166 valence electrons. The highest BCUT2D eigenvalue weighted by Gasteiger charge is 2.20. The molecule has 1 amide bonds. The van der Waals surface area contributed by atoms with Gasteiger partial charge in [-0.3, -0.25) is 9.78 Å². The van der Waals surface area contributed by atoms with E-state index in [4.69, 9.17) is 16.3 Å². The number of amides is 1. The summed E-state index contributed by atoms with van der Waals surface area (Å²) in [6, 6.07) is 15.2. The molecule has 0 saturated carbocycles. The van der Waals surface area contributed by atoms with Gasteiger partial charge in [0.1, 0.15) is 5.75 Å². The number of hydrogen-bond acceptors (Lipinski definition) is 4. The maximum absolute atomic E-state index is 13.2. The highest BCUT2D eigenvalue weighted by atomic mass is 35.5. The first-order valence-corrected chi connectivity index (χ1v) is 11.4. The monoisotopic (exact) mass is 449 g/mol. The summed E-state index contributed by atoms with van der Waals surface area (Å²) in [6.45, 7) is 3.94. The van der Waals surface area contributed by atoms with E-state index >= 15 is 0 Å². The number of carbonyl (C=O) groups is 1. The van der Waals surface area contributed by atoms with Gasteiger partial charge in [0.25, 0.3) is 5.91 Å². The van der Waals surface area contributed by atoms with Crippen molar-refractivity contribution in [2.24, 2.45) is 0 Å². The maximum Gasteiger partial charge on any atom is 0.255 e.